The third-order valence-electron chi connectivity index (χ3n) is 2.54. The number of benzene rings is 1. The van der Waals surface area contributed by atoms with Crippen LogP contribution in [0.25, 0.3) is 0 Å². The Balaban J connectivity index is 2.19. The van der Waals surface area contributed by atoms with E-state index in [0.29, 0.717) is 12.0 Å². The molecule has 0 fully saturated rings. The van der Waals surface area contributed by atoms with E-state index in [0.717, 1.165) is 5.69 Å². The molecule has 0 aliphatic rings. The van der Waals surface area contributed by atoms with Gasteiger partial charge in [0.05, 0.1) is 16.8 Å². The molecular formula is C13H12ClFN2. The SMILES string of the molecule is NC(Cc1cccc(F)c1Cl)c1ccccn1. The Hall–Kier alpha value is -1.45. The van der Waals surface area contributed by atoms with E-state index < -0.39 is 5.82 Å². The summed E-state index contributed by atoms with van der Waals surface area (Å²) in [7, 11) is 0. The summed E-state index contributed by atoms with van der Waals surface area (Å²) in [4.78, 5) is 4.17. The third kappa shape index (κ3) is 2.81. The van der Waals surface area contributed by atoms with Gasteiger partial charge >= 0.3 is 0 Å². The lowest BCUT2D eigenvalue weighted by molar-refractivity contribution is 0.621. The summed E-state index contributed by atoms with van der Waals surface area (Å²) in [5, 5.41) is 0.138. The molecule has 4 heteroatoms. The first-order valence-electron chi connectivity index (χ1n) is 5.28. The zero-order valence-corrected chi connectivity index (χ0v) is 9.86. The molecule has 1 unspecified atom stereocenters. The van der Waals surface area contributed by atoms with E-state index in [1.54, 1.807) is 18.3 Å². The normalized spacial score (nSPS) is 12.4. The molecule has 0 bridgehead atoms. The third-order valence-corrected chi connectivity index (χ3v) is 2.96. The largest absolute Gasteiger partial charge is 0.322 e. The summed E-state index contributed by atoms with van der Waals surface area (Å²) in [6, 6.07) is 9.99. The molecule has 17 heavy (non-hydrogen) atoms. The van der Waals surface area contributed by atoms with Gasteiger partial charge in [0.1, 0.15) is 5.82 Å². The lowest BCUT2D eigenvalue weighted by Gasteiger charge is -2.12. The van der Waals surface area contributed by atoms with E-state index >= 15 is 0 Å². The Morgan fingerprint density at radius 2 is 2.06 bits per heavy atom. The molecule has 2 aromatic rings. The molecule has 2 N–H and O–H groups in total. The van der Waals surface area contributed by atoms with Crippen molar-refractivity contribution in [2.75, 3.05) is 0 Å². The molecule has 1 aromatic carbocycles. The molecule has 0 aliphatic heterocycles. The predicted octanol–water partition coefficient (Wildman–Crippen LogP) is 3.12. The van der Waals surface area contributed by atoms with Crippen molar-refractivity contribution < 1.29 is 4.39 Å². The first-order valence-corrected chi connectivity index (χ1v) is 5.65. The van der Waals surface area contributed by atoms with Crippen molar-refractivity contribution in [2.45, 2.75) is 12.5 Å². The highest BCUT2D eigenvalue weighted by atomic mass is 35.5. The topological polar surface area (TPSA) is 38.9 Å². The Morgan fingerprint density at radius 3 is 2.76 bits per heavy atom. The molecule has 0 radical (unpaired) electrons. The molecule has 1 aromatic heterocycles. The standard InChI is InChI=1S/C13H12ClFN2/c14-13-9(4-3-5-10(13)15)8-11(16)12-6-1-2-7-17-12/h1-7,11H,8,16H2. The molecule has 1 atom stereocenters. The lowest BCUT2D eigenvalue weighted by Crippen LogP contribution is -2.15. The molecule has 0 aliphatic carbocycles. The maximum atomic E-state index is 13.2. The maximum Gasteiger partial charge on any atom is 0.142 e. The summed E-state index contributed by atoms with van der Waals surface area (Å²) in [6.07, 6.45) is 2.15. The van der Waals surface area contributed by atoms with Crippen LogP contribution >= 0.6 is 11.6 Å². The Labute approximate surface area is 104 Å². The van der Waals surface area contributed by atoms with Gasteiger partial charge in [-0.2, -0.15) is 0 Å². The minimum atomic E-state index is -0.419. The second kappa shape index (κ2) is 5.25. The van der Waals surface area contributed by atoms with Crippen LogP contribution in [-0.2, 0) is 6.42 Å². The van der Waals surface area contributed by atoms with E-state index in [1.807, 2.05) is 18.2 Å². The number of rotatable bonds is 3. The number of aromatic nitrogens is 1. The van der Waals surface area contributed by atoms with Gasteiger partial charge in [-0.3, -0.25) is 4.98 Å². The van der Waals surface area contributed by atoms with Crippen LogP contribution < -0.4 is 5.73 Å². The molecule has 2 nitrogen and oxygen atoms in total. The van der Waals surface area contributed by atoms with E-state index in [4.69, 9.17) is 17.3 Å². The number of hydrogen-bond donors (Lipinski definition) is 1. The van der Waals surface area contributed by atoms with Crippen LogP contribution in [0.2, 0.25) is 5.02 Å². The summed E-state index contributed by atoms with van der Waals surface area (Å²) >= 11 is 5.87. The number of hydrogen-bond acceptors (Lipinski definition) is 2. The minimum absolute atomic E-state index is 0.138. The fourth-order valence-corrected chi connectivity index (χ4v) is 1.85. The molecule has 0 spiro atoms. The van der Waals surface area contributed by atoms with Gasteiger partial charge in [-0.1, -0.05) is 29.8 Å². The first-order chi connectivity index (χ1) is 8.18. The van der Waals surface area contributed by atoms with E-state index in [-0.39, 0.29) is 11.1 Å². The number of halogens is 2. The van der Waals surface area contributed by atoms with Gasteiger partial charge in [-0.25, -0.2) is 4.39 Å². The van der Waals surface area contributed by atoms with E-state index in [2.05, 4.69) is 4.98 Å². The van der Waals surface area contributed by atoms with Gasteiger partial charge in [0.15, 0.2) is 0 Å². The molecule has 88 valence electrons. The van der Waals surface area contributed by atoms with Gasteiger partial charge in [0.2, 0.25) is 0 Å². The number of pyridine rings is 1. The van der Waals surface area contributed by atoms with E-state index in [9.17, 15) is 4.39 Å². The van der Waals surface area contributed by atoms with Gasteiger partial charge in [0, 0.05) is 6.20 Å². The van der Waals surface area contributed by atoms with Gasteiger partial charge in [-0.15, -0.1) is 0 Å². The van der Waals surface area contributed by atoms with Crippen molar-refractivity contribution >= 4 is 11.6 Å². The highest BCUT2D eigenvalue weighted by molar-refractivity contribution is 6.31. The fraction of sp³-hybridized carbons (Fsp3) is 0.154. The fourth-order valence-electron chi connectivity index (χ4n) is 1.64. The summed E-state index contributed by atoms with van der Waals surface area (Å²) in [5.74, 6) is -0.419. The average Bonchev–Trinajstić information content (AvgIpc) is 2.36. The Morgan fingerprint density at radius 1 is 1.24 bits per heavy atom. The highest BCUT2D eigenvalue weighted by Gasteiger charge is 2.12. The monoisotopic (exact) mass is 250 g/mol. The van der Waals surface area contributed by atoms with Crippen molar-refractivity contribution in [3.8, 4) is 0 Å². The Bertz CT molecular complexity index is 502. The average molecular weight is 251 g/mol. The second-order valence-electron chi connectivity index (χ2n) is 3.78. The minimum Gasteiger partial charge on any atom is -0.322 e. The first kappa shape index (κ1) is 12.0. The Kier molecular flexibility index (Phi) is 3.71. The van der Waals surface area contributed by atoms with Crippen LogP contribution in [0, 0.1) is 5.82 Å². The smallest absolute Gasteiger partial charge is 0.142 e. The van der Waals surface area contributed by atoms with Crippen LogP contribution in [0.15, 0.2) is 42.6 Å². The van der Waals surface area contributed by atoms with Crippen LogP contribution in [0.4, 0.5) is 4.39 Å². The highest BCUT2D eigenvalue weighted by Crippen LogP contribution is 2.23. The van der Waals surface area contributed by atoms with Gasteiger partial charge in [-0.05, 0) is 30.2 Å². The summed E-state index contributed by atoms with van der Waals surface area (Å²) in [6.45, 7) is 0. The van der Waals surface area contributed by atoms with E-state index in [1.165, 1.54) is 6.07 Å². The van der Waals surface area contributed by atoms with Crippen molar-refractivity contribution in [1.29, 1.82) is 0 Å². The quantitative estimate of drug-likeness (QED) is 0.909. The molecule has 1 heterocycles. The zero-order chi connectivity index (χ0) is 12.3. The van der Waals surface area contributed by atoms with Crippen molar-refractivity contribution in [1.82, 2.24) is 4.98 Å². The lowest BCUT2D eigenvalue weighted by atomic mass is 10.0. The number of nitrogens with two attached hydrogens (primary N) is 1. The molecule has 0 saturated heterocycles. The van der Waals surface area contributed by atoms with Crippen molar-refractivity contribution in [3.63, 3.8) is 0 Å². The zero-order valence-electron chi connectivity index (χ0n) is 9.11. The molecular weight excluding hydrogens is 239 g/mol. The van der Waals surface area contributed by atoms with Gasteiger partial charge in [0.25, 0.3) is 0 Å². The van der Waals surface area contributed by atoms with Crippen LogP contribution in [0.1, 0.15) is 17.3 Å². The summed E-state index contributed by atoms with van der Waals surface area (Å²) in [5.41, 5.74) is 7.47. The predicted molar refractivity (Wildman–Crippen MR) is 66.3 cm³/mol. The van der Waals surface area contributed by atoms with Crippen molar-refractivity contribution in [3.05, 3.63) is 64.7 Å². The number of nitrogens with zero attached hydrogens (tertiary/aromatic N) is 1. The van der Waals surface area contributed by atoms with Crippen LogP contribution in [0.5, 0.6) is 0 Å². The van der Waals surface area contributed by atoms with Crippen LogP contribution in [0.3, 0.4) is 0 Å². The molecule has 0 saturated carbocycles. The molecule has 0 amide bonds. The van der Waals surface area contributed by atoms with Crippen LogP contribution in [-0.4, -0.2) is 4.98 Å². The van der Waals surface area contributed by atoms with Crippen molar-refractivity contribution in [2.24, 2.45) is 5.73 Å². The van der Waals surface area contributed by atoms with Gasteiger partial charge < -0.3 is 5.73 Å². The maximum absolute atomic E-state index is 13.2. The molecule has 2 rings (SSSR count). The second-order valence-corrected chi connectivity index (χ2v) is 4.16. The summed E-state index contributed by atoms with van der Waals surface area (Å²) < 4.78 is 13.2.